The minimum absolute atomic E-state index is 0.191. The van der Waals surface area contributed by atoms with Crippen LogP contribution in [0.1, 0.15) is 24.6 Å². The quantitative estimate of drug-likeness (QED) is 0.349. The first-order valence-corrected chi connectivity index (χ1v) is 13.2. The Morgan fingerprint density at radius 2 is 1.71 bits per heavy atom. The van der Waals surface area contributed by atoms with Crippen molar-refractivity contribution in [1.29, 1.82) is 0 Å². The van der Waals surface area contributed by atoms with Gasteiger partial charge in [0, 0.05) is 22.5 Å². The maximum absolute atomic E-state index is 12.3. The SMILES string of the molecule is CCCOC(=O)Cc1cc(-c2ccc(S(C)(=O)=O)cc2)n(-c2ccc(SC)cc2)c1C. The highest BCUT2D eigenvalue weighted by molar-refractivity contribution is 7.98. The highest BCUT2D eigenvalue weighted by Crippen LogP contribution is 2.31. The fourth-order valence-corrected chi connectivity index (χ4v) is 4.45. The van der Waals surface area contributed by atoms with Crippen molar-refractivity contribution in [3.8, 4) is 16.9 Å². The van der Waals surface area contributed by atoms with E-state index in [1.165, 1.54) is 6.26 Å². The maximum atomic E-state index is 12.3. The van der Waals surface area contributed by atoms with E-state index < -0.39 is 9.84 Å². The minimum atomic E-state index is -3.27. The number of ether oxygens (including phenoxy) is 1. The molecular formula is C24H27NO4S2. The van der Waals surface area contributed by atoms with E-state index in [0.717, 1.165) is 39.5 Å². The van der Waals surface area contributed by atoms with Gasteiger partial charge in [0.25, 0.3) is 0 Å². The molecule has 3 aromatic rings. The van der Waals surface area contributed by atoms with Crippen molar-refractivity contribution in [1.82, 2.24) is 4.57 Å². The van der Waals surface area contributed by atoms with Crippen molar-refractivity contribution in [3.05, 3.63) is 65.9 Å². The summed E-state index contributed by atoms with van der Waals surface area (Å²) in [7, 11) is -3.27. The van der Waals surface area contributed by atoms with Crippen LogP contribution in [0.2, 0.25) is 0 Å². The molecule has 0 aliphatic rings. The normalized spacial score (nSPS) is 11.5. The molecule has 1 heterocycles. The molecule has 5 nitrogen and oxygen atoms in total. The van der Waals surface area contributed by atoms with Gasteiger partial charge < -0.3 is 9.30 Å². The molecule has 0 amide bonds. The van der Waals surface area contributed by atoms with Crippen LogP contribution in [-0.4, -0.2) is 38.1 Å². The summed E-state index contributed by atoms with van der Waals surface area (Å²) in [5.41, 5.74) is 4.58. The van der Waals surface area contributed by atoms with Crippen LogP contribution in [0.5, 0.6) is 0 Å². The Morgan fingerprint density at radius 3 is 2.26 bits per heavy atom. The van der Waals surface area contributed by atoms with E-state index in [-0.39, 0.29) is 17.3 Å². The number of nitrogens with zero attached hydrogens (tertiary/aromatic N) is 1. The molecule has 0 radical (unpaired) electrons. The molecule has 0 N–H and O–H groups in total. The van der Waals surface area contributed by atoms with Crippen LogP contribution in [0.15, 0.2) is 64.4 Å². The van der Waals surface area contributed by atoms with Crippen LogP contribution in [0.25, 0.3) is 16.9 Å². The van der Waals surface area contributed by atoms with Gasteiger partial charge in [0.15, 0.2) is 9.84 Å². The molecule has 1 aromatic heterocycles. The largest absolute Gasteiger partial charge is 0.465 e. The Balaban J connectivity index is 2.09. The zero-order chi connectivity index (χ0) is 22.6. The first kappa shape index (κ1) is 23.2. The van der Waals surface area contributed by atoms with Gasteiger partial charge in [0.2, 0.25) is 0 Å². The van der Waals surface area contributed by atoms with E-state index in [4.69, 9.17) is 4.74 Å². The minimum Gasteiger partial charge on any atom is -0.465 e. The van der Waals surface area contributed by atoms with E-state index in [9.17, 15) is 13.2 Å². The second-order valence-electron chi connectivity index (χ2n) is 7.37. The smallest absolute Gasteiger partial charge is 0.310 e. The average Bonchev–Trinajstić information content (AvgIpc) is 3.07. The molecule has 0 saturated heterocycles. The second-order valence-corrected chi connectivity index (χ2v) is 10.3. The number of hydrogen-bond donors (Lipinski definition) is 0. The second kappa shape index (κ2) is 9.75. The van der Waals surface area contributed by atoms with Crippen LogP contribution >= 0.6 is 11.8 Å². The molecular weight excluding hydrogens is 430 g/mol. The Morgan fingerprint density at radius 1 is 1.06 bits per heavy atom. The van der Waals surface area contributed by atoms with Crippen molar-refractivity contribution in [2.45, 2.75) is 36.5 Å². The average molecular weight is 458 g/mol. The third-order valence-electron chi connectivity index (χ3n) is 5.06. The van der Waals surface area contributed by atoms with E-state index >= 15 is 0 Å². The van der Waals surface area contributed by atoms with Gasteiger partial charge in [-0.25, -0.2) is 8.42 Å². The highest BCUT2D eigenvalue weighted by Gasteiger charge is 2.18. The zero-order valence-electron chi connectivity index (χ0n) is 18.2. The highest BCUT2D eigenvalue weighted by atomic mass is 32.2. The summed E-state index contributed by atoms with van der Waals surface area (Å²) in [6.45, 7) is 4.36. The van der Waals surface area contributed by atoms with Gasteiger partial charge in [-0.1, -0.05) is 19.1 Å². The Kier molecular flexibility index (Phi) is 7.28. The summed E-state index contributed by atoms with van der Waals surface area (Å²) < 4.78 is 31.0. The molecule has 31 heavy (non-hydrogen) atoms. The van der Waals surface area contributed by atoms with E-state index in [1.54, 1.807) is 36.0 Å². The summed E-state index contributed by atoms with van der Waals surface area (Å²) in [4.78, 5) is 13.7. The van der Waals surface area contributed by atoms with Crippen molar-refractivity contribution >= 4 is 27.6 Å². The summed E-state index contributed by atoms with van der Waals surface area (Å²) in [5.74, 6) is -0.251. The van der Waals surface area contributed by atoms with E-state index in [2.05, 4.69) is 16.7 Å². The molecule has 0 atom stereocenters. The number of aromatic nitrogens is 1. The van der Waals surface area contributed by atoms with Gasteiger partial charge in [0.05, 0.1) is 23.6 Å². The monoisotopic (exact) mass is 457 g/mol. The molecule has 0 fully saturated rings. The van der Waals surface area contributed by atoms with Gasteiger partial charge in [-0.2, -0.15) is 0 Å². The molecule has 3 rings (SSSR count). The number of hydrogen-bond acceptors (Lipinski definition) is 5. The summed E-state index contributed by atoms with van der Waals surface area (Å²) in [5, 5.41) is 0. The topological polar surface area (TPSA) is 65.4 Å². The fraction of sp³-hybridized carbons (Fsp3) is 0.292. The summed E-state index contributed by atoms with van der Waals surface area (Å²) in [6, 6.07) is 17.0. The Labute approximate surface area is 188 Å². The lowest BCUT2D eigenvalue weighted by molar-refractivity contribution is -0.142. The molecule has 0 aliphatic carbocycles. The number of carbonyl (C=O) groups is 1. The van der Waals surface area contributed by atoms with Crippen LogP contribution < -0.4 is 0 Å². The molecule has 0 spiro atoms. The van der Waals surface area contributed by atoms with Crippen molar-refractivity contribution in [2.75, 3.05) is 19.1 Å². The van der Waals surface area contributed by atoms with Crippen LogP contribution in [0.3, 0.4) is 0 Å². The van der Waals surface area contributed by atoms with Crippen molar-refractivity contribution in [3.63, 3.8) is 0 Å². The molecule has 0 saturated carbocycles. The van der Waals surface area contributed by atoms with Crippen molar-refractivity contribution in [2.24, 2.45) is 0 Å². The lowest BCUT2D eigenvalue weighted by Crippen LogP contribution is -2.09. The summed E-state index contributed by atoms with van der Waals surface area (Å²) >= 11 is 1.68. The van der Waals surface area contributed by atoms with Crippen molar-refractivity contribution < 1.29 is 17.9 Å². The third-order valence-corrected chi connectivity index (χ3v) is 6.93. The fourth-order valence-electron chi connectivity index (χ4n) is 3.41. The lowest BCUT2D eigenvalue weighted by Gasteiger charge is -2.13. The number of benzene rings is 2. The van der Waals surface area contributed by atoms with Gasteiger partial charge in [-0.15, -0.1) is 11.8 Å². The van der Waals surface area contributed by atoms with E-state index in [1.807, 2.05) is 38.3 Å². The van der Waals surface area contributed by atoms with Crippen LogP contribution in [0.4, 0.5) is 0 Å². The Bertz CT molecular complexity index is 1160. The third kappa shape index (κ3) is 5.40. The van der Waals surface area contributed by atoms with E-state index in [0.29, 0.717) is 6.61 Å². The molecule has 164 valence electrons. The molecule has 2 aromatic carbocycles. The molecule has 7 heteroatoms. The van der Waals surface area contributed by atoms with Crippen LogP contribution in [0, 0.1) is 6.92 Å². The standard InChI is InChI=1S/C24H27NO4S2/c1-5-14-29-24(26)16-19-15-23(18-6-12-22(13-7-18)31(4,27)28)25(17(19)2)20-8-10-21(30-3)11-9-20/h6-13,15H,5,14,16H2,1-4H3. The number of thioether (sulfide) groups is 1. The summed E-state index contributed by atoms with van der Waals surface area (Å²) in [6.07, 6.45) is 4.20. The number of esters is 1. The predicted octanol–water partition coefficient (Wildman–Crippen LogP) is 5.07. The number of rotatable bonds is 8. The Hall–Kier alpha value is -2.51. The van der Waals surface area contributed by atoms with Gasteiger partial charge in [-0.05, 0) is 73.2 Å². The van der Waals surface area contributed by atoms with Gasteiger partial charge in [0.1, 0.15) is 0 Å². The van der Waals surface area contributed by atoms with Gasteiger partial charge >= 0.3 is 5.97 Å². The first-order valence-electron chi connectivity index (χ1n) is 10.1. The zero-order valence-corrected chi connectivity index (χ0v) is 19.8. The first-order chi connectivity index (χ1) is 14.7. The van der Waals surface area contributed by atoms with Crippen LogP contribution in [-0.2, 0) is 25.8 Å². The maximum Gasteiger partial charge on any atom is 0.310 e. The predicted molar refractivity (Wildman–Crippen MR) is 126 cm³/mol. The lowest BCUT2D eigenvalue weighted by atomic mass is 10.1. The molecule has 0 bridgehead atoms. The molecule has 0 unspecified atom stereocenters. The molecule has 0 aliphatic heterocycles. The van der Waals surface area contributed by atoms with Gasteiger partial charge in [-0.3, -0.25) is 4.79 Å². The number of sulfone groups is 1. The number of carbonyl (C=O) groups excluding carboxylic acids is 1.